The van der Waals surface area contributed by atoms with E-state index in [2.05, 4.69) is 6.92 Å². The number of amides is 1. The molecule has 0 aromatic carbocycles. The van der Waals surface area contributed by atoms with Crippen LogP contribution in [-0.4, -0.2) is 30.4 Å². The molecule has 3 atom stereocenters. The Morgan fingerprint density at radius 1 is 1.16 bits per heavy atom. The molecule has 110 valence electrons. The maximum atomic E-state index is 12.6. The molecule has 0 heterocycles. The minimum absolute atomic E-state index is 0.216. The van der Waals surface area contributed by atoms with Gasteiger partial charge in [0, 0.05) is 25.6 Å². The van der Waals surface area contributed by atoms with Gasteiger partial charge >= 0.3 is 0 Å². The van der Waals surface area contributed by atoms with Crippen molar-refractivity contribution in [2.24, 2.45) is 23.5 Å². The van der Waals surface area contributed by atoms with Gasteiger partial charge in [0.15, 0.2) is 0 Å². The fourth-order valence-electron chi connectivity index (χ4n) is 3.93. The lowest BCUT2D eigenvalue weighted by Crippen LogP contribution is -2.43. The molecule has 0 spiro atoms. The summed E-state index contributed by atoms with van der Waals surface area (Å²) in [5, 5.41) is 0. The zero-order valence-corrected chi connectivity index (χ0v) is 12.6. The smallest absolute Gasteiger partial charge is 0.225 e. The number of hydrogen-bond donors (Lipinski definition) is 1. The second kappa shape index (κ2) is 6.74. The van der Waals surface area contributed by atoms with Gasteiger partial charge in [0.1, 0.15) is 0 Å². The maximum Gasteiger partial charge on any atom is 0.225 e. The SMILES string of the molecule is CC1CC(N)CCC1C(=O)N(C)CC1CCCCC1. The van der Waals surface area contributed by atoms with E-state index < -0.39 is 0 Å². The van der Waals surface area contributed by atoms with Crippen LogP contribution in [0.25, 0.3) is 0 Å². The van der Waals surface area contributed by atoms with Crippen molar-refractivity contribution in [3.63, 3.8) is 0 Å². The third-order valence-corrected chi connectivity index (χ3v) is 5.16. The molecule has 0 aliphatic heterocycles. The average molecular weight is 266 g/mol. The van der Waals surface area contributed by atoms with E-state index in [4.69, 9.17) is 5.73 Å². The summed E-state index contributed by atoms with van der Waals surface area (Å²) in [5.74, 6) is 1.77. The monoisotopic (exact) mass is 266 g/mol. The van der Waals surface area contributed by atoms with Gasteiger partial charge in [-0.15, -0.1) is 0 Å². The second-order valence-electron chi connectivity index (χ2n) is 6.88. The van der Waals surface area contributed by atoms with Crippen molar-refractivity contribution in [2.75, 3.05) is 13.6 Å². The first-order valence-electron chi connectivity index (χ1n) is 8.08. The lowest BCUT2D eigenvalue weighted by molar-refractivity contribution is -0.137. The predicted octanol–water partition coefficient (Wildman–Crippen LogP) is 2.79. The lowest BCUT2D eigenvalue weighted by atomic mass is 9.77. The van der Waals surface area contributed by atoms with E-state index in [0.29, 0.717) is 17.9 Å². The van der Waals surface area contributed by atoms with Crippen LogP contribution in [0.15, 0.2) is 0 Å². The van der Waals surface area contributed by atoms with Gasteiger partial charge in [0.25, 0.3) is 0 Å². The van der Waals surface area contributed by atoms with Crippen LogP contribution in [-0.2, 0) is 4.79 Å². The van der Waals surface area contributed by atoms with Crippen LogP contribution in [0.3, 0.4) is 0 Å². The van der Waals surface area contributed by atoms with Gasteiger partial charge in [-0.1, -0.05) is 26.2 Å². The van der Waals surface area contributed by atoms with Crippen LogP contribution in [0.5, 0.6) is 0 Å². The summed E-state index contributed by atoms with van der Waals surface area (Å²) in [6.45, 7) is 3.16. The summed E-state index contributed by atoms with van der Waals surface area (Å²) in [6, 6.07) is 0.308. The summed E-state index contributed by atoms with van der Waals surface area (Å²) >= 11 is 0. The number of nitrogens with two attached hydrogens (primary N) is 1. The Bertz CT molecular complexity index is 299. The molecular weight excluding hydrogens is 236 g/mol. The fourth-order valence-corrected chi connectivity index (χ4v) is 3.93. The van der Waals surface area contributed by atoms with Crippen LogP contribution < -0.4 is 5.73 Å². The van der Waals surface area contributed by atoms with E-state index in [1.807, 2.05) is 11.9 Å². The van der Waals surface area contributed by atoms with E-state index >= 15 is 0 Å². The number of nitrogens with zero attached hydrogens (tertiary/aromatic N) is 1. The van der Waals surface area contributed by atoms with Crippen LogP contribution >= 0.6 is 0 Å². The molecule has 0 radical (unpaired) electrons. The minimum Gasteiger partial charge on any atom is -0.345 e. The van der Waals surface area contributed by atoms with Crippen molar-refractivity contribution in [2.45, 2.75) is 64.3 Å². The molecule has 0 aromatic heterocycles. The van der Waals surface area contributed by atoms with Crippen molar-refractivity contribution in [1.29, 1.82) is 0 Å². The molecule has 1 amide bonds. The van der Waals surface area contributed by atoms with Crippen LogP contribution in [0.1, 0.15) is 58.3 Å². The highest BCUT2D eigenvalue weighted by atomic mass is 16.2. The van der Waals surface area contributed by atoms with E-state index in [1.54, 1.807) is 0 Å². The summed E-state index contributed by atoms with van der Waals surface area (Å²) in [7, 11) is 2.00. The van der Waals surface area contributed by atoms with Gasteiger partial charge in [-0.3, -0.25) is 4.79 Å². The zero-order chi connectivity index (χ0) is 13.8. The Balaban J connectivity index is 1.84. The topological polar surface area (TPSA) is 46.3 Å². The largest absolute Gasteiger partial charge is 0.345 e. The van der Waals surface area contributed by atoms with Crippen molar-refractivity contribution in [1.82, 2.24) is 4.90 Å². The molecule has 2 rings (SSSR count). The maximum absolute atomic E-state index is 12.6. The zero-order valence-electron chi connectivity index (χ0n) is 12.6. The van der Waals surface area contributed by atoms with E-state index in [-0.39, 0.29) is 5.92 Å². The van der Waals surface area contributed by atoms with Crippen molar-refractivity contribution in [3.05, 3.63) is 0 Å². The minimum atomic E-state index is 0.216. The molecule has 0 bridgehead atoms. The third kappa shape index (κ3) is 3.95. The number of rotatable bonds is 3. The van der Waals surface area contributed by atoms with Crippen molar-refractivity contribution >= 4 is 5.91 Å². The van der Waals surface area contributed by atoms with E-state index in [9.17, 15) is 4.79 Å². The first-order valence-corrected chi connectivity index (χ1v) is 8.08. The molecule has 2 aliphatic carbocycles. The molecule has 2 N–H and O–H groups in total. The van der Waals surface area contributed by atoms with Crippen LogP contribution in [0.2, 0.25) is 0 Å². The number of hydrogen-bond acceptors (Lipinski definition) is 2. The van der Waals surface area contributed by atoms with Gasteiger partial charge in [0.2, 0.25) is 5.91 Å². The molecule has 2 saturated carbocycles. The van der Waals surface area contributed by atoms with Gasteiger partial charge in [-0.25, -0.2) is 0 Å². The number of carbonyl (C=O) groups is 1. The molecule has 3 heteroatoms. The van der Waals surface area contributed by atoms with Crippen LogP contribution in [0, 0.1) is 17.8 Å². The predicted molar refractivity (Wildman–Crippen MR) is 78.7 cm³/mol. The summed E-state index contributed by atoms with van der Waals surface area (Å²) in [6.07, 6.45) is 9.70. The third-order valence-electron chi connectivity index (χ3n) is 5.16. The highest BCUT2D eigenvalue weighted by molar-refractivity contribution is 5.79. The first kappa shape index (κ1) is 14.8. The Kier molecular flexibility index (Phi) is 5.26. The number of carbonyl (C=O) groups excluding carboxylic acids is 1. The van der Waals surface area contributed by atoms with E-state index in [1.165, 1.54) is 32.1 Å². The molecule has 0 saturated heterocycles. The molecule has 3 nitrogen and oxygen atoms in total. The first-order chi connectivity index (χ1) is 9.08. The van der Waals surface area contributed by atoms with Crippen LogP contribution in [0.4, 0.5) is 0 Å². The highest BCUT2D eigenvalue weighted by Gasteiger charge is 2.33. The van der Waals surface area contributed by atoms with E-state index in [0.717, 1.165) is 31.7 Å². The average Bonchev–Trinajstić information content (AvgIpc) is 2.39. The quantitative estimate of drug-likeness (QED) is 0.854. The van der Waals surface area contributed by atoms with Gasteiger partial charge < -0.3 is 10.6 Å². The normalized spacial score (nSPS) is 33.1. The highest BCUT2D eigenvalue weighted by Crippen LogP contribution is 2.31. The van der Waals surface area contributed by atoms with Crippen molar-refractivity contribution < 1.29 is 4.79 Å². The van der Waals surface area contributed by atoms with Gasteiger partial charge in [-0.2, -0.15) is 0 Å². The Morgan fingerprint density at radius 3 is 2.47 bits per heavy atom. The summed E-state index contributed by atoms with van der Waals surface area (Å²) < 4.78 is 0. The Morgan fingerprint density at radius 2 is 1.84 bits per heavy atom. The molecule has 0 aromatic rings. The molecule has 19 heavy (non-hydrogen) atoms. The molecule has 2 fully saturated rings. The Labute approximate surface area is 117 Å². The second-order valence-corrected chi connectivity index (χ2v) is 6.88. The van der Waals surface area contributed by atoms with Gasteiger partial charge in [0.05, 0.1) is 0 Å². The molecule has 3 unspecified atom stereocenters. The molecular formula is C16H30N2O. The van der Waals surface area contributed by atoms with Gasteiger partial charge in [-0.05, 0) is 43.9 Å². The lowest BCUT2D eigenvalue weighted by Gasteiger charge is -2.35. The molecule has 2 aliphatic rings. The fraction of sp³-hybridized carbons (Fsp3) is 0.938. The summed E-state index contributed by atoms with van der Waals surface area (Å²) in [4.78, 5) is 14.6. The van der Waals surface area contributed by atoms with Crippen molar-refractivity contribution in [3.8, 4) is 0 Å². The standard InChI is InChI=1S/C16H30N2O/c1-12-10-14(17)8-9-15(12)16(19)18(2)11-13-6-4-3-5-7-13/h12-15H,3-11,17H2,1-2H3. The Hall–Kier alpha value is -0.570. The summed E-state index contributed by atoms with van der Waals surface area (Å²) in [5.41, 5.74) is 5.99.